The third-order valence-corrected chi connectivity index (χ3v) is 3.36. The quantitative estimate of drug-likeness (QED) is 0.842. The fraction of sp³-hybridized carbons (Fsp3) is 0.769. The van der Waals surface area contributed by atoms with Gasteiger partial charge in [-0.15, -0.1) is 0 Å². The molecule has 0 amide bonds. The lowest BCUT2D eigenvalue weighted by molar-refractivity contribution is 0.0609. The van der Waals surface area contributed by atoms with Gasteiger partial charge in [0.15, 0.2) is 0 Å². The first-order valence-electron chi connectivity index (χ1n) is 6.13. The molecule has 1 aromatic heterocycles. The standard InChI is InChI=1S/C13H25N3O/c1-9(11-7-15-16(6)10(11)2)14-8-12(17)13(3,4)5/h7,9,12,14,17H,8H2,1-6H3. The molecule has 2 atom stereocenters. The van der Waals surface area contributed by atoms with Gasteiger partial charge in [-0.05, 0) is 19.3 Å². The highest BCUT2D eigenvalue weighted by Crippen LogP contribution is 2.20. The van der Waals surface area contributed by atoms with E-state index < -0.39 is 0 Å². The molecule has 0 aromatic carbocycles. The van der Waals surface area contributed by atoms with Crippen molar-refractivity contribution in [3.8, 4) is 0 Å². The van der Waals surface area contributed by atoms with Gasteiger partial charge in [0.1, 0.15) is 0 Å². The van der Waals surface area contributed by atoms with Crippen LogP contribution in [0.4, 0.5) is 0 Å². The maximum Gasteiger partial charge on any atom is 0.0712 e. The van der Waals surface area contributed by atoms with Crippen LogP contribution in [0.3, 0.4) is 0 Å². The van der Waals surface area contributed by atoms with E-state index in [0.717, 1.165) is 5.69 Å². The largest absolute Gasteiger partial charge is 0.391 e. The third kappa shape index (κ3) is 3.54. The highest BCUT2D eigenvalue weighted by molar-refractivity contribution is 5.19. The van der Waals surface area contributed by atoms with Gasteiger partial charge in [0.25, 0.3) is 0 Å². The summed E-state index contributed by atoms with van der Waals surface area (Å²) in [6, 6.07) is 0.209. The highest BCUT2D eigenvalue weighted by Gasteiger charge is 2.22. The van der Waals surface area contributed by atoms with Gasteiger partial charge < -0.3 is 10.4 Å². The SMILES string of the molecule is Cc1c(C(C)NCC(O)C(C)(C)C)cnn1C. The van der Waals surface area contributed by atoms with Crippen molar-refractivity contribution >= 4 is 0 Å². The first-order chi connectivity index (χ1) is 7.73. The molecule has 0 aliphatic carbocycles. The van der Waals surface area contributed by atoms with Crippen LogP contribution in [0.25, 0.3) is 0 Å². The molecule has 1 rings (SSSR count). The maximum absolute atomic E-state index is 9.97. The Labute approximate surface area is 104 Å². The van der Waals surface area contributed by atoms with E-state index in [0.29, 0.717) is 6.54 Å². The summed E-state index contributed by atoms with van der Waals surface area (Å²) < 4.78 is 1.87. The number of aliphatic hydroxyl groups is 1. The lowest BCUT2D eigenvalue weighted by atomic mass is 9.89. The molecule has 1 heterocycles. The van der Waals surface area contributed by atoms with Crippen LogP contribution in [-0.4, -0.2) is 27.5 Å². The van der Waals surface area contributed by atoms with E-state index >= 15 is 0 Å². The van der Waals surface area contributed by atoms with Gasteiger partial charge in [0.2, 0.25) is 0 Å². The molecule has 2 N–H and O–H groups in total. The Morgan fingerprint density at radius 3 is 2.47 bits per heavy atom. The summed E-state index contributed by atoms with van der Waals surface area (Å²) in [6.45, 7) is 10.9. The van der Waals surface area contributed by atoms with Gasteiger partial charge >= 0.3 is 0 Å². The zero-order valence-electron chi connectivity index (χ0n) is 11.8. The van der Waals surface area contributed by atoms with Crippen LogP contribution < -0.4 is 5.32 Å². The highest BCUT2D eigenvalue weighted by atomic mass is 16.3. The van der Waals surface area contributed by atoms with Gasteiger partial charge in [-0.1, -0.05) is 20.8 Å². The summed E-state index contributed by atoms with van der Waals surface area (Å²) in [5.41, 5.74) is 2.26. The average molecular weight is 239 g/mol. The number of nitrogens with one attached hydrogen (secondary N) is 1. The normalized spacial score (nSPS) is 15.9. The fourth-order valence-electron chi connectivity index (χ4n) is 1.65. The lowest BCUT2D eigenvalue weighted by Gasteiger charge is -2.27. The van der Waals surface area contributed by atoms with Crippen LogP contribution in [0.1, 0.15) is 45.0 Å². The molecular weight excluding hydrogens is 214 g/mol. The number of aliphatic hydroxyl groups excluding tert-OH is 1. The van der Waals surface area contributed by atoms with Crippen LogP contribution in [0, 0.1) is 12.3 Å². The van der Waals surface area contributed by atoms with E-state index in [1.165, 1.54) is 5.56 Å². The lowest BCUT2D eigenvalue weighted by Crippen LogP contribution is -2.37. The average Bonchev–Trinajstić information content (AvgIpc) is 2.54. The Morgan fingerprint density at radius 2 is 2.06 bits per heavy atom. The molecule has 98 valence electrons. The fourth-order valence-corrected chi connectivity index (χ4v) is 1.65. The molecule has 0 aliphatic rings. The Hall–Kier alpha value is -0.870. The van der Waals surface area contributed by atoms with Gasteiger partial charge in [-0.3, -0.25) is 4.68 Å². The smallest absolute Gasteiger partial charge is 0.0712 e. The first kappa shape index (κ1) is 14.2. The van der Waals surface area contributed by atoms with Crippen LogP contribution in [0.2, 0.25) is 0 Å². The monoisotopic (exact) mass is 239 g/mol. The van der Waals surface area contributed by atoms with Gasteiger partial charge in [-0.25, -0.2) is 0 Å². The molecular formula is C13H25N3O. The van der Waals surface area contributed by atoms with E-state index in [1.807, 2.05) is 38.7 Å². The minimum absolute atomic E-state index is 0.0866. The van der Waals surface area contributed by atoms with Crippen molar-refractivity contribution in [3.05, 3.63) is 17.5 Å². The molecule has 1 aromatic rings. The van der Waals surface area contributed by atoms with Gasteiger partial charge in [-0.2, -0.15) is 5.10 Å². The van der Waals surface area contributed by atoms with Crippen molar-refractivity contribution < 1.29 is 5.11 Å². The molecule has 4 heteroatoms. The minimum Gasteiger partial charge on any atom is -0.391 e. The Balaban J connectivity index is 2.56. The predicted octanol–water partition coefficient (Wildman–Crippen LogP) is 1.79. The Bertz CT molecular complexity index is 365. The Morgan fingerprint density at radius 1 is 1.47 bits per heavy atom. The number of hydrogen-bond donors (Lipinski definition) is 2. The number of rotatable bonds is 4. The summed E-state index contributed by atoms with van der Waals surface area (Å²) in [6.07, 6.45) is 1.54. The molecule has 2 unspecified atom stereocenters. The number of nitrogens with zero attached hydrogens (tertiary/aromatic N) is 2. The summed E-state index contributed by atoms with van der Waals surface area (Å²) in [5, 5.41) is 17.6. The van der Waals surface area contributed by atoms with Crippen LogP contribution in [0.5, 0.6) is 0 Å². The maximum atomic E-state index is 9.97. The molecule has 0 bridgehead atoms. The van der Waals surface area contributed by atoms with Crippen molar-refractivity contribution in [2.45, 2.75) is 46.8 Å². The van der Waals surface area contributed by atoms with Gasteiger partial charge in [0.05, 0.1) is 12.3 Å². The number of hydrogen-bond acceptors (Lipinski definition) is 3. The van der Waals surface area contributed by atoms with Crippen LogP contribution in [-0.2, 0) is 7.05 Å². The molecule has 17 heavy (non-hydrogen) atoms. The molecule has 0 radical (unpaired) electrons. The van der Waals surface area contributed by atoms with Crippen molar-refractivity contribution in [1.82, 2.24) is 15.1 Å². The molecule has 0 saturated heterocycles. The number of aromatic nitrogens is 2. The summed E-state index contributed by atoms with van der Waals surface area (Å²) >= 11 is 0. The molecule has 4 nitrogen and oxygen atoms in total. The molecule has 0 spiro atoms. The van der Waals surface area contributed by atoms with Crippen LogP contribution >= 0.6 is 0 Å². The third-order valence-electron chi connectivity index (χ3n) is 3.36. The van der Waals surface area contributed by atoms with Crippen molar-refractivity contribution in [1.29, 1.82) is 0 Å². The minimum atomic E-state index is -0.345. The topological polar surface area (TPSA) is 50.1 Å². The second kappa shape index (κ2) is 5.19. The predicted molar refractivity (Wildman–Crippen MR) is 69.8 cm³/mol. The second-order valence-electron chi connectivity index (χ2n) is 5.82. The van der Waals surface area contributed by atoms with E-state index in [-0.39, 0.29) is 17.6 Å². The van der Waals surface area contributed by atoms with E-state index in [4.69, 9.17) is 0 Å². The van der Waals surface area contributed by atoms with E-state index in [1.54, 1.807) is 0 Å². The second-order valence-corrected chi connectivity index (χ2v) is 5.82. The van der Waals surface area contributed by atoms with E-state index in [9.17, 15) is 5.11 Å². The van der Waals surface area contributed by atoms with Gasteiger partial charge in [0, 0.05) is 30.9 Å². The Kier molecular flexibility index (Phi) is 4.33. The van der Waals surface area contributed by atoms with E-state index in [2.05, 4.69) is 24.3 Å². The van der Waals surface area contributed by atoms with Crippen molar-refractivity contribution in [3.63, 3.8) is 0 Å². The molecule has 0 fully saturated rings. The summed E-state index contributed by atoms with van der Waals surface area (Å²) in [4.78, 5) is 0. The number of aryl methyl sites for hydroxylation is 1. The van der Waals surface area contributed by atoms with Crippen molar-refractivity contribution in [2.24, 2.45) is 12.5 Å². The summed E-state index contributed by atoms with van der Waals surface area (Å²) in [5.74, 6) is 0. The molecule has 0 aliphatic heterocycles. The van der Waals surface area contributed by atoms with Crippen molar-refractivity contribution in [2.75, 3.05) is 6.54 Å². The van der Waals surface area contributed by atoms with Crippen LogP contribution in [0.15, 0.2) is 6.20 Å². The summed E-state index contributed by atoms with van der Waals surface area (Å²) in [7, 11) is 1.94. The zero-order valence-corrected chi connectivity index (χ0v) is 11.8. The zero-order chi connectivity index (χ0) is 13.2. The molecule has 0 saturated carbocycles. The first-order valence-corrected chi connectivity index (χ1v) is 6.13.